The van der Waals surface area contributed by atoms with Gasteiger partial charge in [0.2, 0.25) is 5.91 Å². The van der Waals surface area contributed by atoms with Crippen LogP contribution in [0.25, 0.3) is 10.9 Å². The van der Waals surface area contributed by atoms with Crippen molar-refractivity contribution in [3.05, 3.63) is 64.8 Å². The van der Waals surface area contributed by atoms with Gasteiger partial charge in [-0.15, -0.1) is 0 Å². The second kappa shape index (κ2) is 7.42. The molecule has 2 N–H and O–H groups in total. The van der Waals surface area contributed by atoms with Crippen LogP contribution in [0.15, 0.2) is 48.7 Å². The highest BCUT2D eigenvalue weighted by Gasteiger charge is 2.24. The number of fused-ring (bicyclic) bond motifs is 1. The third-order valence-electron chi connectivity index (χ3n) is 4.62. The summed E-state index contributed by atoms with van der Waals surface area (Å²) < 4.78 is 5.14. The van der Waals surface area contributed by atoms with Crippen molar-refractivity contribution in [2.75, 3.05) is 13.7 Å². The van der Waals surface area contributed by atoms with E-state index in [9.17, 15) is 4.79 Å². The van der Waals surface area contributed by atoms with Gasteiger partial charge in [0.15, 0.2) is 0 Å². The number of ether oxygens (including phenoxy) is 1. The normalized spacial score (nSPS) is 11.5. The van der Waals surface area contributed by atoms with Crippen LogP contribution in [0.4, 0.5) is 0 Å². The number of hydrogen-bond donors (Lipinski definition) is 2. The molecule has 0 radical (unpaired) electrons. The summed E-state index contributed by atoms with van der Waals surface area (Å²) in [6, 6.07) is 13.4. The predicted octanol–water partition coefficient (Wildman–Crippen LogP) is 4.47. The highest BCUT2D eigenvalue weighted by molar-refractivity contribution is 6.31. The number of hydrogen-bond acceptors (Lipinski definition) is 2. The van der Waals surface area contributed by atoms with E-state index in [1.807, 2.05) is 48.7 Å². The maximum atomic E-state index is 12.3. The van der Waals surface area contributed by atoms with Crippen LogP contribution >= 0.6 is 11.6 Å². The molecule has 0 bridgehead atoms. The molecule has 0 aliphatic rings. The van der Waals surface area contributed by atoms with Crippen LogP contribution in [0.3, 0.4) is 0 Å². The maximum absolute atomic E-state index is 12.3. The molecule has 0 aliphatic carbocycles. The van der Waals surface area contributed by atoms with E-state index in [1.54, 1.807) is 7.11 Å². The van der Waals surface area contributed by atoms with Crippen molar-refractivity contribution in [2.45, 2.75) is 25.7 Å². The molecule has 3 rings (SSSR count). The summed E-state index contributed by atoms with van der Waals surface area (Å²) in [6.07, 6.45) is 2.35. The summed E-state index contributed by atoms with van der Waals surface area (Å²) in [4.78, 5) is 15.6. The number of aromatic amines is 1. The molecule has 136 valence electrons. The standard InChI is InChI=1S/C21H23ClN2O2/c1-21(2,18-12-23-19-11-15(22)6-9-17(18)19)13-24-20(25)10-14-4-7-16(26-3)8-5-14/h4-9,11-12,23H,10,13H2,1-3H3,(H,24,25). The van der Waals surface area contributed by atoms with E-state index in [-0.39, 0.29) is 11.3 Å². The van der Waals surface area contributed by atoms with Gasteiger partial charge in [-0.25, -0.2) is 0 Å². The van der Waals surface area contributed by atoms with Crippen molar-refractivity contribution in [2.24, 2.45) is 0 Å². The first-order valence-electron chi connectivity index (χ1n) is 8.56. The summed E-state index contributed by atoms with van der Waals surface area (Å²) in [5.41, 5.74) is 2.92. The van der Waals surface area contributed by atoms with Gasteiger partial charge in [0.05, 0.1) is 13.5 Å². The van der Waals surface area contributed by atoms with E-state index < -0.39 is 0 Å². The average molecular weight is 371 g/mol. The quantitative estimate of drug-likeness (QED) is 0.672. The molecule has 0 unspecified atom stereocenters. The number of methoxy groups -OCH3 is 1. The van der Waals surface area contributed by atoms with Crippen molar-refractivity contribution < 1.29 is 9.53 Å². The summed E-state index contributed by atoms with van der Waals surface area (Å²) >= 11 is 6.06. The number of carbonyl (C=O) groups excluding carboxylic acids is 1. The van der Waals surface area contributed by atoms with Crippen molar-refractivity contribution in [3.63, 3.8) is 0 Å². The van der Waals surface area contributed by atoms with Gasteiger partial charge in [-0.2, -0.15) is 0 Å². The molecule has 3 aromatic rings. The molecule has 1 amide bonds. The lowest BCUT2D eigenvalue weighted by Gasteiger charge is -2.25. The molecule has 0 spiro atoms. The SMILES string of the molecule is COc1ccc(CC(=O)NCC(C)(C)c2c[nH]c3cc(Cl)ccc23)cc1. The molecule has 0 saturated heterocycles. The first-order valence-corrected chi connectivity index (χ1v) is 8.93. The van der Waals surface area contributed by atoms with Crippen LogP contribution in [0.2, 0.25) is 5.02 Å². The molecule has 0 aliphatic heterocycles. The van der Waals surface area contributed by atoms with Crippen molar-refractivity contribution >= 4 is 28.4 Å². The molecule has 0 fully saturated rings. The fraction of sp³-hybridized carbons (Fsp3) is 0.286. The first kappa shape index (κ1) is 18.3. The van der Waals surface area contributed by atoms with Crippen LogP contribution in [-0.2, 0) is 16.6 Å². The topological polar surface area (TPSA) is 54.1 Å². The third kappa shape index (κ3) is 4.02. The van der Waals surface area contributed by atoms with Crippen LogP contribution in [0.5, 0.6) is 5.75 Å². The number of amides is 1. The minimum atomic E-state index is -0.207. The van der Waals surface area contributed by atoms with Crippen LogP contribution in [-0.4, -0.2) is 24.5 Å². The molecule has 2 aromatic carbocycles. The first-order chi connectivity index (χ1) is 12.4. The minimum absolute atomic E-state index is 0.00567. The minimum Gasteiger partial charge on any atom is -0.497 e. The van der Waals surface area contributed by atoms with E-state index >= 15 is 0 Å². The Morgan fingerprint density at radius 3 is 2.62 bits per heavy atom. The largest absolute Gasteiger partial charge is 0.497 e. The zero-order valence-electron chi connectivity index (χ0n) is 15.2. The molecule has 5 heteroatoms. The monoisotopic (exact) mass is 370 g/mol. The summed E-state index contributed by atoms with van der Waals surface area (Å²) in [7, 11) is 1.63. The van der Waals surface area contributed by atoms with Gasteiger partial charge in [0.25, 0.3) is 0 Å². The van der Waals surface area contributed by atoms with Crippen LogP contribution in [0.1, 0.15) is 25.0 Å². The fourth-order valence-electron chi connectivity index (χ4n) is 3.06. The second-order valence-corrected chi connectivity index (χ2v) is 7.51. The van der Waals surface area contributed by atoms with Gasteiger partial charge >= 0.3 is 0 Å². The third-order valence-corrected chi connectivity index (χ3v) is 4.86. The fourth-order valence-corrected chi connectivity index (χ4v) is 3.24. The number of rotatable bonds is 6. The Labute approximate surface area is 158 Å². The van der Waals surface area contributed by atoms with Gasteiger partial charge in [-0.05, 0) is 35.4 Å². The number of benzene rings is 2. The van der Waals surface area contributed by atoms with E-state index in [0.29, 0.717) is 18.0 Å². The average Bonchev–Trinajstić information content (AvgIpc) is 3.04. The van der Waals surface area contributed by atoms with Crippen molar-refractivity contribution in [3.8, 4) is 5.75 Å². The van der Waals surface area contributed by atoms with Crippen LogP contribution in [0, 0.1) is 0 Å². The van der Waals surface area contributed by atoms with E-state index in [4.69, 9.17) is 16.3 Å². The molecule has 26 heavy (non-hydrogen) atoms. The number of aromatic nitrogens is 1. The molecule has 1 aromatic heterocycles. The Morgan fingerprint density at radius 2 is 1.92 bits per heavy atom. The lowest BCUT2D eigenvalue weighted by Crippen LogP contribution is -2.37. The lowest BCUT2D eigenvalue weighted by molar-refractivity contribution is -0.120. The van der Waals surface area contributed by atoms with Gasteiger partial charge < -0.3 is 15.0 Å². The van der Waals surface area contributed by atoms with Gasteiger partial charge in [-0.3, -0.25) is 4.79 Å². The summed E-state index contributed by atoms with van der Waals surface area (Å²) in [5.74, 6) is 0.792. The Hall–Kier alpha value is -2.46. The molecular formula is C21H23ClN2O2. The lowest BCUT2D eigenvalue weighted by atomic mass is 9.84. The van der Waals surface area contributed by atoms with Gasteiger partial charge in [0.1, 0.15) is 5.75 Å². The highest BCUT2D eigenvalue weighted by Crippen LogP contribution is 2.31. The molecule has 4 nitrogen and oxygen atoms in total. The van der Waals surface area contributed by atoms with Crippen molar-refractivity contribution in [1.82, 2.24) is 10.3 Å². The van der Waals surface area contributed by atoms with Gasteiger partial charge in [0, 0.05) is 34.1 Å². The summed E-state index contributed by atoms with van der Waals surface area (Å²) in [5, 5.41) is 4.89. The molecule has 1 heterocycles. The second-order valence-electron chi connectivity index (χ2n) is 7.08. The van der Waals surface area contributed by atoms with Crippen LogP contribution < -0.4 is 10.1 Å². The molecule has 0 saturated carbocycles. The molecular weight excluding hydrogens is 348 g/mol. The Morgan fingerprint density at radius 1 is 1.19 bits per heavy atom. The number of nitrogens with one attached hydrogen (secondary N) is 2. The van der Waals surface area contributed by atoms with Gasteiger partial charge in [-0.1, -0.05) is 43.6 Å². The summed E-state index contributed by atoms with van der Waals surface area (Å²) in [6.45, 7) is 4.80. The smallest absolute Gasteiger partial charge is 0.224 e. The Balaban J connectivity index is 1.65. The number of halogens is 1. The molecule has 0 atom stereocenters. The predicted molar refractivity (Wildman–Crippen MR) is 106 cm³/mol. The maximum Gasteiger partial charge on any atom is 0.224 e. The Bertz CT molecular complexity index is 913. The Kier molecular flexibility index (Phi) is 5.23. The zero-order chi connectivity index (χ0) is 18.7. The highest BCUT2D eigenvalue weighted by atomic mass is 35.5. The van der Waals surface area contributed by atoms with Crippen molar-refractivity contribution in [1.29, 1.82) is 0 Å². The number of H-pyrrole nitrogens is 1. The van der Waals surface area contributed by atoms with E-state index in [2.05, 4.69) is 24.1 Å². The zero-order valence-corrected chi connectivity index (χ0v) is 16.0. The van der Waals surface area contributed by atoms with E-state index in [0.717, 1.165) is 27.8 Å². The van der Waals surface area contributed by atoms with E-state index in [1.165, 1.54) is 0 Å². The number of carbonyl (C=O) groups is 1.